The second kappa shape index (κ2) is 5.29. The van der Waals surface area contributed by atoms with Gasteiger partial charge in [0.25, 0.3) is 0 Å². The number of methoxy groups -OCH3 is 1. The average molecular weight is 172 g/mol. The Kier molecular flexibility index (Phi) is 4.19. The van der Waals surface area contributed by atoms with Gasteiger partial charge in [0.05, 0.1) is 18.0 Å². The summed E-state index contributed by atoms with van der Waals surface area (Å²) in [6, 6.07) is 4.25. The van der Waals surface area contributed by atoms with Gasteiger partial charge in [0.2, 0.25) is 0 Å². The maximum atomic E-state index is 4.93. The van der Waals surface area contributed by atoms with E-state index in [2.05, 4.69) is 22.8 Å². The van der Waals surface area contributed by atoms with Crippen molar-refractivity contribution in [3.63, 3.8) is 0 Å². The van der Waals surface area contributed by atoms with Crippen molar-refractivity contribution in [2.45, 2.75) is 6.54 Å². The molecule has 0 spiro atoms. The van der Waals surface area contributed by atoms with Gasteiger partial charge in [-0.15, -0.1) is 11.3 Å². The third-order valence-corrected chi connectivity index (χ3v) is 2.35. The second-order valence-electron chi connectivity index (χ2n) is 2.35. The molecule has 0 aliphatic carbocycles. The zero-order chi connectivity index (χ0) is 7.94. The molecule has 0 fully saturated rings. The van der Waals surface area contributed by atoms with Gasteiger partial charge >= 0.3 is 0 Å². The Morgan fingerprint density at radius 3 is 3.18 bits per heavy atom. The molecular formula is C8H14NOS+. The SMILES string of the molecule is COCC[NH2+]Cc1cccs1. The Morgan fingerprint density at radius 2 is 2.55 bits per heavy atom. The number of rotatable bonds is 5. The third-order valence-electron chi connectivity index (χ3n) is 1.45. The van der Waals surface area contributed by atoms with E-state index < -0.39 is 0 Å². The summed E-state index contributed by atoms with van der Waals surface area (Å²) >= 11 is 1.81. The van der Waals surface area contributed by atoms with Crippen molar-refractivity contribution in [3.8, 4) is 0 Å². The van der Waals surface area contributed by atoms with Gasteiger partial charge in [-0.05, 0) is 11.4 Å². The predicted molar refractivity (Wildman–Crippen MR) is 46.7 cm³/mol. The summed E-state index contributed by atoms with van der Waals surface area (Å²) in [5.41, 5.74) is 0. The van der Waals surface area contributed by atoms with Crippen LogP contribution in [0, 0.1) is 0 Å². The van der Waals surface area contributed by atoms with Gasteiger partial charge in [-0.1, -0.05) is 6.07 Å². The highest BCUT2D eigenvalue weighted by Crippen LogP contribution is 2.05. The normalized spacial score (nSPS) is 10.3. The summed E-state index contributed by atoms with van der Waals surface area (Å²) in [4.78, 5) is 1.43. The van der Waals surface area contributed by atoms with Gasteiger partial charge in [-0.25, -0.2) is 0 Å². The number of hydrogen-bond donors (Lipinski definition) is 1. The molecule has 0 saturated carbocycles. The van der Waals surface area contributed by atoms with Crippen molar-refractivity contribution in [2.75, 3.05) is 20.3 Å². The molecule has 0 saturated heterocycles. The highest BCUT2D eigenvalue weighted by atomic mass is 32.1. The lowest BCUT2D eigenvalue weighted by molar-refractivity contribution is -0.671. The lowest BCUT2D eigenvalue weighted by Gasteiger charge is -1.97. The van der Waals surface area contributed by atoms with Crippen LogP contribution in [0.25, 0.3) is 0 Å². The molecule has 0 atom stereocenters. The molecule has 62 valence electrons. The van der Waals surface area contributed by atoms with Crippen LogP contribution >= 0.6 is 11.3 Å². The van der Waals surface area contributed by atoms with E-state index in [9.17, 15) is 0 Å². The predicted octanol–water partition coefficient (Wildman–Crippen LogP) is 0.458. The molecule has 1 heterocycles. The minimum atomic E-state index is 0.839. The van der Waals surface area contributed by atoms with Crippen molar-refractivity contribution >= 4 is 11.3 Å². The number of thiophene rings is 1. The van der Waals surface area contributed by atoms with Crippen LogP contribution in [0.1, 0.15) is 4.88 Å². The summed E-state index contributed by atoms with van der Waals surface area (Å²) in [5, 5.41) is 4.37. The largest absolute Gasteiger partial charge is 0.379 e. The van der Waals surface area contributed by atoms with Crippen LogP contribution in [0.2, 0.25) is 0 Å². The maximum Gasteiger partial charge on any atom is 0.111 e. The Balaban J connectivity index is 2.04. The van der Waals surface area contributed by atoms with Crippen molar-refractivity contribution in [1.29, 1.82) is 0 Å². The summed E-state index contributed by atoms with van der Waals surface area (Å²) in [6.45, 7) is 2.97. The Hall–Kier alpha value is -0.380. The number of quaternary nitrogens is 1. The van der Waals surface area contributed by atoms with E-state index >= 15 is 0 Å². The number of ether oxygens (including phenoxy) is 1. The lowest BCUT2D eigenvalue weighted by Crippen LogP contribution is -2.83. The van der Waals surface area contributed by atoms with Gasteiger partial charge < -0.3 is 10.1 Å². The molecule has 0 amide bonds. The maximum absolute atomic E-state index is 4.93. The molecule has 0 radical (unpaired) electrons. The molecule has 2 nitrogen and oxygen atoms in total. The molecule has 11 heavy (non-hydrogen) atoms. The molecule has 0 unspecified atom stereocenters. The molecule has 1 rings (SSSR count). The van der Waals surface area contributed by atoms with E-state index in [1.54, 1.807) is 7.11 Å². The Bertz CT molecular complexity index is 174. The molecule has 1 aromatic heterocycles. The van der Waals surface area contributed by atoms with Crippen molar-refractivity contribution in [3.05, 3.63) is 22.4 Å². The molecule has 2 N–H and O–H groups in total. The van der Waals surface area contributed by atoms with Crippen LogP contribution in [0.5, 0.6) is 0 Å². The smallest absolute Gasteiger partial charge is 0.111 e. The first kappa shape index (κ1) is 8.71. The van der Waals surface area contributed by atoms with Crippen molar-refractivity contribution in [2.24, 2.45) is 0 Å². The fourth-order valence-corrected chi connectivity index (χ4v) is 1.58. The quantitative estimate of drug-likeness (QED) is 0.641. The topological polar surface area (TPSA) is 25.8 Å². The third kappa shape index (κ3) is 3.51. The fraction of sp³-hybridized carbons (Fsp3) is 0.500. The standard InChI is InChI=1S/C8H13NOS/c1-10-5-4-9-7-8-3-2-6-11-8/h2-3,6,9H,4-5,7H2,1H3/p+1. The van der Waals surface area contributed by atoms with Crippen LogP contribution in [0.4, 0.5) is 0 Å². The van der Waals surface area contributed by atoms with E-state index in [1.807, 2.05) is 11.3 Å². The summed E-state index contributed by atoms with van der Waals surface area (Å²) < 4.78 is 4.93. The summed E-state index contributed by atoms with van der Waals surface area (Å²) in [7, 11) is 1.74. The van der Waals surface area contributed by atoms with E-state index in [-0.39, 0.29) is 0 Å². The second-order valence-corrected chi connectivity index (χ2v) is 3.39. The molecular weight excluding hydrogens is 158 g/mol. The highest BCUT2D eigenvalue weighted by Gasteiger charge is 1.94. The molecule has 0 aliphatic heterocycles. The van der Waals surface area contributed by atoms with Crippen molar-refractivity contribution in [1.82, 2.24) is 0 Å². The summed E-state index contributed by atoms with van der Waals surface area (Å²) in [6.07, 6.45) is 0. The summed E-state index contributed by atoms with van der Waals surface area (Å²) in [5.74, 6) is 0. The van der Waals surface area contributed by atoms with Gasteiger partial charge in [0, 0.05) is 7.11 Å². The molecule has 3 heteroatoms. The first-order valence-electron chi connectivity index (χ1n) is 3.76. The molecule has 0 aliphatic rings. The first-order valence-corrected chi connectivity index (χ1v) is 4.64. The van der Waals surface area contributed by atoms with Crippen LogP contribution < -0.4 is 5.32 Å². The van der Waals surface area contributed by atoms with Gasteiger partial charge in [0.15, 0.2) is 0 Å². The zero-order valence-corrected chi connectivity index (χ0v) is 7.56. The minimum absolute atomic E-state index is 0.839. The highest BCUT2D eigenvalue weighted by molar-refractivity contribution is 7.09. The minimum Gasteiger partial charge on any atom is -0.379 e. The van der Waals surface area contributed by atoms with Crippen LogP contribution in [0.15, 0.2) is 17.5 Å². The van der Waals surface area contributed by atoms with E-state index in [1.165, 1.54) is 4.88 Å². The lowest BCUT2D eigenvalue weighted by atomic mass is 10.4. The van der Waals surface area contributed by atoms with E-state index in [4.69, 9.17) is 4.74 Å². The van der Waals surface area contributed by atoms with Crippen LogP contribution in [-0.4, -0.2) is 20.3 Å². The Morgan fingerprint density at radius 1 is 1.64 bits per heavy atom. The number of hydrogen-bond acceptors (Lipinski definition) is 2. The first-order chi connectivity index (χ1) is 5.43. The number of nitrogens with two attached hydrogens (primary N) is 1. The molecule has 0 bridgehead atoms. The monoisotopic (exact) mass is 172 g/mol. The van der Waals surface area contributed by atoms with Crippen molar-refractivity contribution < 1.29 is 10.1 Å². The zero-order valence-electron chi connectivity index (χ0n) is 6.75. The fourth-order valence-electron chi connectivity index (χ4n) is 0.874. The van der Waals surface area contributed by atoms with Gasteiger partial charge in [-0.2, -0.15) is 0 Å². The van der Waals surface area contributed by atoms with E-state index in [0.717, 1.165) is 19.7 Å². The Labute approximate surface area is 71.2 Å². The van der Waals surface area contributed by atoms with Gasteiger partial charge in [-0.3, -0.25) is 0 Å². The van der Waals surface area contributed by atoms with Crippen LogP contribution in [0.3, 0.4) is 0 Å². The average Bonchev–Trinajstić information content (AvgIpc) is 2.50. The van der Waals surface area contributed by atoms with E-state index in [0.29, 0.717) is 0 Å². The van der Waals surface area contributed by atoms with Gasteiger partial charge in [0.1, 0.15) is 6.54 Å². The molecule has 1 aromatic rings. The van der Waals surface area contributed by atoms with Crippen LogP contribution in [-0.2, 0) is 11.3 Å². The molecule has 0 aromatic carbocycles.